The van der Waals surface area contributed by atoms with Crippen LogP contribution in [0.1, 0.15) is 12.8 Å². The number of hydrogen-bond acceptors (Lipinski definition) is 5. The maximum absolute atomic E-state index is 13.0. The minimum atomic E-state index is -5.91. The Bertz CT molecular complexity index is 838. The SMILES string of the molecule is CN(c1ncnc2[nH]ccc12)N1CCCC(CNC(=O)C(F)(F)C(F)(F)F)C1. The van der Waals surface area contributed by atoms with Crippen molar-refractivity contribution < 1.29 is 26.7 Å². The number of hydrogen-bond donors (Lipinski definition) is 2. The lowest BCUT2D eigenvalue weighted by molar-refractivity contribution is -0.269. The summed E-state index contributed by atoms with van der Waals surface area (Å²) in [5.41, 5.74) is 0.659. The maximum Gasteiger partial charge on any atom is 0.463 e. The molecule has 2 N–H and O–H groups in total. The van der Waals surface area contributed by atoms with Gasteiger partial charge in [-0.1, -0.05) is 0 Å². The van der Waals surface area contributed by atoms with Crippen molar-refractivity contribution in [2.24, 2.45) is 5.92 Å². The number of hydrazine groups is 1. The quantitative estimate of drug-likeness (QED) is 0.746. The first-order valence-electron chi connectivity index (χ1n) is 8.60. The summed E-state index contributed by atoms with van der Waals surface area (Å²) < 4.78 is 62.9. The van der Waals surface area contributed by atoms with Crippen LogP contribution in [0.3, 0.4) is 0 Å². The summed E-state index contributed by atoms with van der Waals surface area (Å²) in [5.74, 6) is -7.36. The maximum atomic E-state index is 13.0. The van der Waals surface area contributed by atoms with Crippen molar-refractivity contribution in [3.63, 3.8) is 0 Å². The highest BCUT2D eigenvalue weighted by molar-refractivity contribution is 5.87. The Labute approximate surface area is 156 Å². The van der Waals surface area contributed by atoms with Gasteiger partial charge < -0.3 is 10.3 Å². The van der Waals surface area contributed by atoms with E-state index in [1.807, 2.05) is 11.1 Å². The van der Waals surface area contributed by atoms with E-state index in [0.29, 0.717) is 37.4 Å². The van der Waals surface area contributed by atoms with Crippen LogP contribution in [0.15, 0.2) is 18.6 Å². The van der Waals surface area contributed by atoms with Gasteiger partial charge in [0.15, 0.2) is 5.82 Å². The Hall–Kier alpha value is -2.50. The first-order valence-corrected chi connectivity index (χ1v) is 8.60. The van der Waals surface area contributed by atoms with Crippen LogP contribution < -0.4 is 10.3 Å². The number of nitrogens with zero attached hydrogens (tertiary/aromatic N) is 4. The fraction of sp³-hybridized carbons (Fsp3) is 0.562. The van der Waals surface area contributed by atoms with Crippen molar-refractivity contribution >= 4 is 22.8 Å². The molecular formula is C16H19F5N6O. The summed E-state index contributed by atoms with van der Waals surface area (Å²) in [7, 11) is 1.79. The molecule has 2 aromatic heterocycles. The second-order valence-corrected chi connectivity index (χ2v) is 6.66. The summed E-state index contributed by atoms with van der Waals surface area (Å²) >= 11 is 0. The second-order valence-electron chi connectivity index (χ2n) is 6.66. The fourth-order valence-electron chi connectivity index (χ4n) is 3.21. The lowest BCUT2D eigenvalue weighted by Gasteiger charge is -2.39. The summed E-state index contributed by atoms with van der Waals surface area (Å²) in [6.07, 6.45) is -1.48. The zero-order valence-electron chi connectivity index (χ0n) is 14.9. The van der Waals surface area contributed by atoms with Crippen LogP contribution >= 0.6 is 0 Å². The van der Waals surface area contributed by atoms with Crippen LogP contribution in [-0.2, 0) is 4.79 Å². The molecule has 7 nitrogen and oxygen atoms in total. The molecule has 1 amide bonds. The number of piperidine rings is 1. The van der Waals surface area contributed by atoms with E-state index in [4.69, 9.17) is 0 Å². The summed E-state index contributed by atoms with van der Waals surface area (Å²) in [5, 5.41) is 6.25. The molecule has 1 unspecified atom stereocenters. The van der Waals surface area contributed by atoms with E-state index in [9.17, 15) is 26.7 Å². The average Bonchev–Trinajstić information content (AvgIpc) is 3.13. The average molecular weight is 406 g/mol. The van der Waals surface area contributed by atoms with Crippen LogP contribution in [0.25, 0.3) is 11.0 Å². The van der Waals surface area contributed by atoms with Crippen LogP contribution in [0.5, 0.6) is 0 Å². The van der Waals surface area contributed by atoms with Gasteiger partial charge in [-0.05, 0) is 24.8 Å². The number of fused-ring (bicyclic) bond motifs is 1. The number of nitrogens with one attached hydrogen (secondary N) is 2. The van der Waals surface area contributed by atoms with E-state index >= 15 is 0 Å². The minimum absolute atomic E-state index is 0.266. The number of carbonyl (C=O) groups is 1. The van der Waals surface area contributed by atoms with Crippen molar-refractivity contribution in [3.8, 4) is 0 Å². The lowest BCUT2D eigenvalue weighted by atomic mass is 9.99. The van der Waals surface area contributed by atoms with E-state index in [-0.39, 0.29) is 12.5 Å². The molecule has 0 bridgehead atoms. The number of halogens is 5. The Morgan fingerprint density at radius 1 is 1.36 bits per heavy atom. The zero-order chi connectivity index (χ0) is 20.5. The van der Waals surface area contributed by atoms with Gasteiger partial charge in [0.2, 0.25) is 0 Å². The third-order valence-electron chi connectivity index (χ3n) is 4.75. The number of carbonyl (C=O) groups excluding carboxylic acids is 1. The topological polar surface area (TPSA) is 77.2 Å². The Balaban J connectivity index is 1.63. The number of amides is 1. The van der Waals surface area contributed by atoms with E-state index in [0.717, 1.165) is 5.39 Å². The van der Waals surface area contributed by atoms with Crippen molar-refractivity contribution in [3.05, 3.63) is 18.6 Å². The molecule has 154 valence electrons. The zero-order valence-corrected chi connectivity index (χ0v) is 14.9. The molecule has 1 saturated heterocycles. The fourth-order valence-corrected chi connectivity index (χ4v) is 3.21. The van der Waals surface area contributed by atoms with E-state index < -0.39 is 18.0 Å². The van der Waals surface area contributed by atoms with Gasteiger partial charge in [-0.3, -0.25) is 9.80 Å². The van der Waals surface area contributed by atoms with E-state index in [2.05, 4.69) is 15.0 Å². The van der Waals surface area contributed by atoms with Crippen molar-refractivity contribution in [2.75, 3.05) is 31.7 Å². The normalized spacial score (nSPS) is 19.0. The van der Waals surface area contributed by atoms with Gasteiger partial charge in [0, 0.05) is 32.9 Å². The molecule has 0 aromatic carbocycles. The van der Waals surface area contributed by atoms with Crippen LogP contribution in [-0.4, -0.2) is 64.6 Å². The summed E-state index contributed by atoms with van der Waals surface area (Å²) in [6.45, 7) is 0.776. The summed E-state index contributed by atoms with van der Waals surface area (Å²) in [4.78, 5) is 22.6. The molecule has 3 heterocycles. The third-order valence-corrected chi connectivity index (χ3v) is 4.75. The highest BCUT2D eigenvalue weighted by Crippen LogP contribution is 2.35. The van der Waals surface area contributed by atoms with Crippen molar-refractivity contribution in [1.29, 1.82) is 0 Å². The molecule has 0 radical (unpaired) electrons. The first kappa shape index (κ1) is 20.2. The Morgan fingerprint density at radius 3 is 2.82 bits per heavy atom. The predicted molar refractivity (Wildman–Crippen MR) is 90.6 cm³/mol. The molecule has 1 fully saturated rings. The molecular weight excluding hydrogens is 387 g/mol. The molecule has 2 aromatic rings. The van der Waals surface area contributed by atoms with Gasteiger partial charge in [0.25, 0.3) is 5.91 Å². The first-order chi connectivity index (χ1) is 13.1. The molecule has 0 spiro atoms. The monoisotopic (exact) mass is 406 g/mol. The van der Waals surface area contributed by atoms with Gasteiger partial charge in [0.1, 0.15) is 12.0 Å². The van der Waals surface area contributed by atoms with E-state index in [1.54, 1.807) is 23.6 Å². The second kappa shape index (κ2) is 7.49. The molecule has 1 aliphatic heterocycles. The largest absolute Gasteiger partial charge is 0.463 e. The van der Waals surface area contributed by atoms with Gasteiger partial charge in [-0.15, -0.1) is 0 Å². The van der Waals surface area contributed by atoms with Crippen LogP contribution in [0.2, 0.25) is 0 Å². The molecule has 1 aliphatic rings. The predicted octanol–water partition coefficient (Wildman–Crippen LogP) is 2.33. The number of alkyl halides is 5. The number of aromatic nitrogens is 3. The van der Waals surface area contributed by atoms with Crippen molar-refractivity contribution in [1.82, 2.24) is 25.3 Å². The van der Waals surface area contributed by atoms with Gasteiger partial charge in [-0.25, -0.2) is 15.0 Å². The van der Waals surface area contributed by atoms with Crippen molar-refractivity contribution in [2.45, 2.75) is 24.9 Å². The number of H-pyrrole nitrogens is 1. The Morgan fingerprint density at radius 2 is 2.11 bits per heavy atom. The van der Waals surface area contributed by atoms with Crippen LogP contribution in [0.4, 0.5) is 27.8 Å². The summed E-state index contributed by atoms with van der Waals surface area (Å²) in [6, 6.07) is 1.82. The lowest BCUT2D eigenvalue weighted by Crippen LogP contribution is -2.53. The minimum Gasteiger partial charge on any atom is -0.350 e. The van der Waals surface area contributed by atoms with Gasteiger partial charge in [0.05, 0.1) is 5.39 Å². The van der Waals surface area contributed by atoms with Gasteiger partial charge in [-0.2, -0.15) is 22.0 Å². The highest BCUT2D eigenvalue weighted by Gasteiger charge is 2.63. The number of rotatable bonds is 5. The van der Waals surface area contributed by atoms with E-state index in [1.165, 1.54) is 6.33 Å². The molecule has 1 atom stereocenters. The third kappa shape index (κ3) is 3.86. The molecule has 0 aliphatic carbocycles. The molecule has 0 saturated carbocycles. The van der Waals surface area contributed by atoms with Gasteiger partial charge >= 0.3 is 12.1 Å². The smallest absolute Gasteiger partial charge is 0.350 e. The highest BCUT2D eigenvalue weighted by atomic mass is 19.4. The molecule has 12 heteroatoms. The molecule has 28 heavy (non-hydrogen) atoms. The number of anilines is 1. The standard InChI is InChI=1S/C16H19F5N6O/c1-26(13-11-4-5-22-12(11)24-9-25-13)27-6-2-3-10(8-27)7-23-14(28)15(17,18)16(19,20)21/h4-5,9-10H,2-3,6-8H2,1H3,(H,23,28)(H,22,24,25). The van der Waals surface area contributed by atoms with Crippen LogP contribution in [0, 0.1) is 5.92 Å². The number of aromatic amines is 1. The molecule has 3 rings (SSSR count). The Kier molecular flexibility index (Phi) is 5.41.